The highest BCUT2D eigenvalue weighted by molar-refractivity contribution is 7.91. The molecule has 2 atom stereocenters. The summed E-state index contributed by atoms with van der Waals surface area (Å²) in [6, 6.07) is 0. The molecule has 2 saturated heterocycles. The van der Waals surface area contributed by atoms with Crippen LogP contribution < -0.4 is 5.32 Å². The van der Waals surface area contributed by atoms with Gasteiger partial charge in [0, 0.05) is 6.54 Å². The lowest BCUT2D eigenvalue weighted by Crippen LogP contribution is -2.43. The van der Waals surface area contributed by atoms with E-state index < -0.39 is 9.84 Å². The third kappa shape index (κ3) is 2.92. The van der Waals surface area contributed by atoms with Crippen LogP contribution in [0.15, 0.2) is 0 Å². The van der Waals surface area contributed by atoms with Crippen LogP contribution in [0.5, 0.6) is 0 Å². The topological polar surface area (TPSA) is 72.5 Å². The smallest absolute Gasteiger partial charge is 0.246 e. The van der Waals surface area contributed by atoms with Crippen molar-refractivity contribution in [2.75, 3.05) is 24.7 Å². The lowest BCUT2D eigenvalue weighted by atomic mass is 10.0. The van der Waals surface area contributed by atoms with Crippen LogP contribution in [0, 0.1) is 5.92 Å². The van der Waals surface area contributed by atoms with Crippen molar-refractivity contribution in [2.45, 2.75) is 18.9 Å². The number of ether oxygens (including phenoxy) is 1. The molecule has 0 saturated carbocycles. The average molecular weight is 233 g/mol. The predicted octanol–water partition coefficient (Wildman–Crippen LogP) is -0.674. The number of morpholine rings is 1. The van der Waals surface area contributed by atoms with E-state index in [9.17, 15) is 13.2 Å². The molecular formula is C9H15NO4S. The van der Waals surface area contributed by atoms with Crippen LogP contribution in [-0.4, -0.2) is 45.1 Å². The van der Waals surface area contributed by atoms with E-state index in [4.69, 9.17) is 4.74 Å². The molecule has 2 aliphatic heterocycles. The molecule has 15 heavy (non-hydrogen) atoms. The molecule has 0 aromatic heterocycles. The summed E-state index contributed by atoms with van der Waals surface area (Å²) < 4.78 is 27.8. The molecule has 0 aromatic rings. The van der Waals surface area contributed by atoms with Crippen LogP contribution in [0.2, 0.25) is 0 Å². The fraction of sp³-hybridized carbons (Fsp3) is 0.889. The standard InChI is InChI=1S/C9H15NO4S/c11-9-5-14-8(4-10-9)3-7-1-2-15(12,13)6-7/h7-8H,1-6H2,(H,10,11). The van der Waals surface area contributed by atoms with Crippen molar-refractivity contribution < 1.29 is 17.9 Å². The molecule has 1 amide bonds. The Morgan fingerprint density at radius 2 is 2.27 bits per heavy atom. The molecule has 2 heterocycles. The van der Waals surface area contributed by atoms with Crippen molar-refractivity contribution in [1.29, 1.82) is 0 Å². The minimum atomic E-state index is -2.80. The van der Waals surface area contributed by atoms with Crippen molar-refractivity contribution in [1.82, 2.24) is 5.32 Å². The summed E-state index contributed by atoms with van der Waals surface area (Å²) in [6.07, 6.45) is 1.45. The number of carbonyl (C=O) groups is 1. The lowest BCUT2D eigenvalue weighted by Gasteiger charge is -2.24. The van der Waals surface area contributed by atoms with Crippen LogP contribution in [0.25, 0.3) is 0 Å². The van der Waals surface area contributed by atoms with Crippen molar-refractivity contribution in [3.05, 3.63) is 0 Å². The first-order valence-electron chi connectivity index (χ1n) is 5.14. The van der Waals surface area contributed by atoms with Crippen LogP contribution in [-0.2, 0) is 19.4 Å². The Morgan fingerprint density at radius 1 is 1.47 bits per heavy atom. The van der Waals surface area contributed by atoms with Crippen LogP contribution in [0.3, 0.4) is 0 Å². The highest BCUT2D eigenvalue weighted by atomic mass is 32.2. The Balaban J connectivity index is 1.81. The first-order valence-corrected chi connectivity index (χ1v) is 6.96. The molecule has 2 unspecified atom stereocenters. The van der Waals surface area contributed by atoms with E-state index >= 15 is 0 Å². The molecular weight excluding hydrogens is 218 g/mol. The molecule has 2 aliphatic rings. The summed E-state index contributed by atoms with van der Waals surface area (Å²) >= 11 is 0. The predicted molar refractivity (Wildman–Crippen MR) is 54.1 cm³/mol. The van der Waals surface area contributed by atoms with Crippen molar-refractivity contribution >= 4 is 15.7 Å². The Bertz CT molecular complexity index is 341. The monoisotopic (exact) mass is 233 g/mol. The average Bonchev–Trinajstić information content (AvgIpc) is 2.50. The van der Waals surface area contributed by atoms with E-state index in [1.54, 1.807) is 0 Å². The number of rotatable bonds is 2. The van der Waals surface area contributed by atoms with E-state index in [-0.39, 0.29) is 30.3 Å². The second-order valence-corrected chi connectivity index (χ2v) is 6.47. The van der Waals surface area contributed by atoms with Gasteiger partial charge in [-0.2, -0.15) is 0 Å². The quantitative estimate of drug-likeness (QED) is 0.686. The molecule has 0 bridgehead atoms. The van der Waals surface area contributed by atoms with Gasteiger partial charge in [-0.05, 0) is 18.8 Å². The van der Waals surface area contributed by atoms with Gasteiger partial charge in [0.2, 0.25) is 5.91 Å². The zero-order valence-corrected chi connectivity index (χ0v) is 9.26. The Kier molecular flexibility index (Phi) is 2.97. The zero-order valence-electron chi connectivity index (χ0n) is 8.44. The van der Waals surface area contributed by atoms with Gasteiger partial charge in [-0.25, -0.2) is 8.42 Å². The number of hydrogen-bond donors (Lipinski definition) is 1. The summed E-state index contributed by atoms with van der Waals surface area (Å²) in [5.41, 5.74) is 0. The van der Waals surface area contributed by atoms with Gasteiger partial charge in [0.05, 0.1) is 17.6 Å². The Morgan fingerprint density at radius 3 is 2.80 bits per heavy atom. The van der Waals surface area contributed by atoms with Crippen molar-refractivity contribution in [2.24, 2.45) is 5.92 Å². The first kappa shape index (κ1) is 10.9. The minimum absolute atomic E-state index is 0.0130. The van der Waals surface area contributed by atoms with Crippen LogP contribution >= 0.6 is 0 Å². The van der Waals surface area contributed by atoms with Gasteiger partial charge in [-0.1, -0.05) is 0 Å². The molecule has 0 radical (unpaired) electrons. The van der Waals surface area contributed by atoms with Gasteiger partial charge >= 0.3 is 0 Å². The highest BCUT2D eigenvalue weighted by Gasteiger charge is 2.31. The van der Waals surface area contributed by atoms with E-state index in [1.165, 1.54) is 0 Å². The minimum Gasteiger partial charge on any atom is -0.367 e. The molecule has 1 N–H and O–H groups in total. The van der Waals surface area contributed by atoms with Gasteiger partial charge in [-0.15, -0.1) is 0 Å². The SMILES string of the molecule is O=C1COC(CC2CCS(=O)(=O)C2)CN1. The van der Waals surface area contributed by atoms with Gasteiger partial charge in [-0.3, -0.25) is 4.79 Å². The van der Waals surface area contributed by atoms with Gasteiger partial charge in [0.1, 0.15) is 6.61 Å². The van der Waals surface area contributed by atoms with Crippen molar-refractivity contribution in [3.8, 4) is 0 Å². The van der Waals surface area contributed by atoms with Gasteiger partial charge < -0.3 is 10.1 Å². The van der Waals surface area contributed by atoms with Gasteiger partial charge in [0.25, 0.3) is 0 Å². The molecule has 5 nitrogen and oxygen atoms in total. The third-order valence-corrected chi connectivity index (χ3v) is 4.74. The molecule has 2 rings (SSSR count). The summed E-state index contributed by atoms with van der Waals surface area (Å²) in [4.78, 5) is 10.8. The normalized spacial score (nSPS) is 35.1. The number of hydrogen-bond acceptors (Lipinski definition) is 4. The summed E-state index contributed by atoms with van der Waals surface area (Å²) in [6.45, 7) is 0.611. The van der Waals surface area contributed by atoms with Gasteiger partial charge in [0.15, 0.2) is 9.84 Å². The number of carbonyl (C=O) groups excluding carboxylic acids is 1. The van der Waals surface area contributed by atoms with E-state index in [0.29, 0.717) is 12.3 Å². The Labute approximate surface area is 89.1 Å². The van der Waals surface area contributed by atoms with E-state index in [1.807, 2.05) is 0 Å². The molecule has 6 heteroatoms. The molecule has 0 aliphatic carbocycles. The largest absolute Gasteiger partial charge is 0.367 e. The highest BCUT2D eigenvalue weighted by Crippen LogP contribution is 2.24. The second-order valence-electron chi connectivity index (χ2n) is 4.24. The molecule has 86 valence electrons. The summed E-state index contributed by atoms with van der Waals surface area (Å²) in [7, 11) is -2.80. The maximum Gasteiger partial charge on any atom is 0.246 e. The lowest BCUT2D eigenvalue weighted by molar-refractivity contribution is -0.133. The zero-order chi connectivity index (χ0) is 10.9. The first-order chi connectivity index (χ1) is 7.05. The van der Waals surface area contributed by atoms with E-state index in [0.717, 1.165) is 12.8 Å². The Hall–Kier alpha value is -0.620. The van der Waals surface area contributed by atoms with E-state index in [2.05, 4.69) is 5.32 Å². The second kappa shape index (κ2) is 4.09. The summed E-state index contributed by atoms with van der Waals surface area (Å²) in [5, 5.41) is 2.71. The van der Waals surface area contributed by atoms with Crippen molar-refractivity contribution in [3.63, 3.8) is 0 Å². The number of amides is 1. The third-order valence-electron chi connectivity index (χ3n) is 2.90. The number of nitrogens with one attached hydrogen (secondary N) is 1. The van der Waals surface area contributed by atoms with Crippen LogP contribution in [0.4, 0.5) is 0 Å². The summed E-state index contributed by atoms with van der Waals surface area (Å²) in [5.74, 6) is 0.692. The molecule has 0 spiro atoms. The maximum absolute atomic E-state index is 11.2. The number of sulfone groups is 1. The fourth-order valence-electron chi connectivity index (χ4n) is 2.11. The van der Waals surface area contributed by atoms with Crippen LogP contribution in [0.1, 0.15) is 12.8 Å². The molecule has 2 fully saturated rings. The molecule has 0 aromatic carbocycles. The fourth-order valence-corrected chi connectivity index (χ4v) is 3.99. The maximum atomic E-state index is 11.2.